The van der Waals surface area contributed by atoms with Crippen LogP contribution in [-0.4, -0.2) is 30.9 Å². The average molecular weight is 324 g/mol. The maximum Gasteiger partial charge on any atom is 0.302 e. The topological polar surface area (TPSA) is 65.0 Å². The normalized spacial score (nSPS) is 12.0. The van der Waals surface area contributed by atoms with Crippen LogP contribution in [0.2, 0.25) is 0 Å². The van der Waals surface area contributed by atoms with Crippen LogP contribution in [0.3, 0.4) is 0 Å². The Labute approximate surface area is 138 Å². The number of hydrogen-bond acceptors (Lipinski definition) is 5. The first-order valence-electron chi connectivity index (χ1n) is 8.29. The van der Waals surface area contributed by atoms with Gasteiger partial charge in [0.1, 0.15) is 5.75 Å². The SMILES string of the molecule is CCCCOc1ccc(C(O)OCCCCCOC(C)=O)cc1. The molecular weight excluding hydrogens is 296 g/mol. The van der Waals surface area contributed by atoms with Gasteiger partial charge in [-0.1, -0.05) is 25.5 Å². The second kappa shape index (κ2) is 11.9. The molecule has 0 aromatic heterocycles. The molecule has 0 spiro atoms. The van der Waals surface area contributed by atoms with Crippen molar-refractivity contribution in [2.24, 2.45) is 0 Å². The minimum Gasteiger partial charge on any atom is -0.494 e. The van der Waals surface area contributed by atoms with E-state index in [-0.39, 0.29) is 5.97 Å². The summed E-state index contributed by atoms with van der Waals surface area (Å²) in [5.74, 6) is 0.554. The minimum absolute atomic E-state index is 0.251. The van der Waals surface area contributed by atoms with Crippen LogP contribution in [0.1, 0.15) is 57.8 Å². The number of aliphatic hydroxyl groups is 1. The van der Waals surface area contributed by atoms with E-state index in [4.69, 9.17) is 14.2 Å². The Hall–Kier alpha value is -1.59. The molecule has 1 aromatic rings. The Morgan fingerprint density at radius 2 is 1.74 bits per heavy atom. The van der Waals surface area contributed by atoms with Crippen molar-refractivity contribution in [3.05, 3.63) is 29.8 Å². The predicted octanol–water partition coefficient (Wildman–Crippen LogP) is 3.61. The molecule has 0 aliphatic carbocycles. The van der Waals surface area contributed by atoms with Gasteiger partial charge in [-0.15, -0.1) is 0 Å². The molecule has 130 valence electrons. The van der Waals surface area contributed by atoms with E-state index in [9.17, 15) is 9.90 Å². The van der Waals surface area contributed by atoms with Crippen LogP contribution in [0, 0.1) is 0 Å². The van der Waals surface area contributed by atoms with E-state index in [1.165, 1.54) is 6.92 Å². The molecule has 0 fully saturated rings. The fourth-order valence-corrected chi connectivity index (χ4v) is 1.95. The monoisotopic (exact) mass is 324 g/mol. The zero-order valence-electron chi connectivity index (χ0n) is 14.1. The van der Waals surface area contributed by atoms with Gasteiger partial charge >= 0.3 is 5.97 Å². The lowest BCUT2D eigenvalue weighted by Gasteiger charge is -2.13. The third-order valence-corrected chi connectivity index (χ3v) is 3.30. The molecule has 0 aliphatic heterocycles. The first kappa shape index (κ1) is 19.5. The predicted molar refractivity (Wildman–Crippen MR) is 88.2 cm³/mol. The molecule has 1 atom stereocenters. The summed E-state index contributed by atoms with van der Waals surface area (Å²) in [6.07, 6.45) is 3.73. The molecule has 1 unspecified atom stereocenters. The molecule has 5 nitrogen and oxygen atoms in total. The zero-order valence-corrected chi connectivity index (χ0v) is 14.1. The van der Waals surface area contributed by atoms with E-state index in [1.54, 1.807) is 0 Å². The summed E-state index contributed by atoms with van der Waals surface area (Å²) < 4.78 is 15.8. The lowest BCUT2D eigenvalue weighted by Crippen LogP contribution is -2.06. The molecule has 0 saturated carbocycles. The highest BCUT2D eigenvalue weighted by molar-refractivity contribution is 5.65. The Balaban J connectivity index is 2.16. The molecule has 0 bridgehead atoms. The fourth-order valence-electron chi connectivity index (χ4n) is 1.95. The van der Waals surface area contributed by atoms with Crippen LogP contribution < -0.4 is 4.74 Å². The number of benzene rings is 1. The Bertz CT molecular complexity index is 430. The standard InChI is InChI=1S/C18H28O5/c1-3-4-12-22-17-10-8-16(9-11-17)18(20)23-14-7-5-6-13-21-15(2)19/h8-11,18,20H,3-7,12-14H2,1-2H3. The molecule has 23 heavy (non-hydrogen) atoms. The summed E-state index contributed by atoms with van der Waals surface area (Å²) in [6, 6.07) is 7.31. The summed E-state index contributed by atoms with van der Waals surface area (Å²) in [6.45, 7) is 5.14. The molecule has 1 N–H and O–H groups in total. The van der Waals surface area contributed by atoms with E-state index in [0.717, 1.165) is 37.9 Å². The molecule has 5 heteroatoms. The summed E-state index contributed by atoms with van der Waals surface area (Å²) in [4.78, 5) is 10.6. The molecular formula is C18H28O5. The van der Waals surface area contributed by atoms with E-state index in [1.807, 2.05) is 24.3 Å². The molecule has 0 heterocycles. The summed E-state index contributed by atoms with van der Waals surface area (Å²) in [7, 11) is 0. The van der Waals surface area contributed by atoms with Crippen molar-refractivity contribution in [1.82, 2.24) is 0 Å². The van der Waals surface area contributed by atoms with E-state index >= 15 is 0 Å². The number of carbonyl (C=O) groups excluding carboxylic acids is 1. The van der Waals surface area contributed by atoms with Gasteiger partial charge in [-0.05, 0) is 37.8 Å². The van der Waals surface area contributed by atoms with Crippen molar-refractivity contribution in [2.75, 3.05) is 19.8 Å². The van der Waals surface area contributed by atoms with Crippen molar-refractivity contribution in [3.63, 3.8) is 0 Å². The van der Waals surface area contributed by atoms with Crippen LogP contribution in [0.4, 0.5) is 0 Å². The van der Waals surface area contributed by atoms with Crippen LogP contribution in [0.15, 0.2) is 24.3 Å². The number of aliphatic hydroxyl groups excluding tert-OH is 1. The molecule has 0 aliphatic rings. The smallest absolute Gasteiger partial charge is 0.302 e. The van der Waals surface area contributed by atoms with Gasteiger partial charge < -0.3 is 19.3 Å². The summed E-state index contributed by atoms with van der Waals surface area (Å²) in [5, 5.41) is 9.97. The second-order valence-electron chi connectivity index (χ2n) is 5.39. The van der Waals surface area contributed by atoms with Crippen LogP contribution in [-0.2, 0) is 14.3 Å². The van der Waals surface area contributed by atoms with Crippen molar-refractivity contribution in [1.29, 1.82) is 0 Å². The highest BCUT2D eigenvalue weighted by Gasteiger charge is 2.07. The number of hydrogen-bond donors (Lipinski definition) is 1. The Kier molecular flexibility index (Phi) is 10.1. The Morgan fingerprint density at radius 3 is 2.39 bits per heavy atom. The molecule has 1 aromatic carbocycles. The lowest BCUT2D eigenvalue weighted by molar-refractivity contribution is -0.141. The fraction of sp³-hybridized carbons (Fsp3) is 0.611. The van der Waals surface area contributed by atoms with Crippen molar-refractivity contribution in [2.45, 2.75) is 52.2 Å². The Morgan fingerprint density at radius 1 is 1.04 bits per heavy atom. The molecule has 0 radical (unpaired) electrons. The molecule has 0 saturated heterocycles. The maximum absolute atomic E-state index is 10.6. The number of rotatable bonds is 12. The van der Waals surface area contributed by atoms with Crippen molar-refractivity contribution < 1.29 is 24.1 Å². The third kappa shape index (κ3) is 9.21. The summed E-state index contributed by atoms with van der Waals surface area (Å²) in [5.41, 5.74) is 0.716. The first-order valence-corrected chi connectivity index (χ1v) is 8.29. The maximum atomic E-state index is 10.6. The van der Waals surface area contributed by atoms with Gasteiger partial charge in [-0.3, -0.25) is 4.79 Å². The van der Waals surface area contributed by atoms with Crippen LogP contribution >= 0.6 is 0 Å². The van der Waals surface area contributed by atoms with Gasteiger partial charge in [-0.2, -0.15) is 0 Å². The van der Waals surface area contributed by atoms with E-state index in [2.05, 4.69) is 6.92 Å². The number of ether oxygens (including phenoxy) is 3. The van der Waals surface area contributed by atoms with Gasteiger partial charge in [0.05, 0.1) is 19.8 Å². The zero-order chi connectivity index (χ0) is 16.9. The van der Waals surface area contributed by atoms with Gasteiger partial charge in [0.25, 0.3) is 0 Å². The lowest BCUT2D eigenvalue weighted by atomic mass is 10.2. The third-order valence-electron chi connectivity index (χ3n) is 3.30. The van der Waals surface area contributed by atoms with E-state index in [0.29, 0.717) is 25.4 Å². The molecule has 0 amide bonds. The van der Waals surface area contributed by atoms with Crippen molar-refractivity contribution >= 4 is 5.97 Å². The molecule has 1 rings (SSSR count). The first-order chi connectivity index (χ1) is 11.1. The van der Waals surface area contributed by atoms with Crippen LogP contribution in [0.25, 0.3) is 0 Å². The van der Waals surface area contributed by atoms with Gasteiger partial charge in [-0.25, -0.2) is 0 Å². The van der Waals surface area contributed by atoms with Crippen LogP contribution in [0.5, 0.6) is 5.75 Å². The quantitative estimate of drug-likeness (QED) is 0.361. The number of carbonyl (C=O) groups is 1. The van der Waals surface area contributed by atoms with Gasteiger partial charge in [0.2, 0.25) is 0 Å². The second-order valence-corrected chi connectivity index (χ2v) is 5.39. The minimum atomic E-state index is -0.923. The van der Waals surface area contributed by atoms with Crippen molar-refractivity contribution in [3.8, 4) is 5.75 Å². The summed E-state index contributed by atoms with van der Waals surface area (Å²) >= 11 is 0. The highest BCUT2D eigenvalue weighted by atomic mass is 16.6. The van der Waals surface area contributed by atoms with E-state index < -0.39 is 6.29 Å². The highest BCUT2D eigenvalue weighted by Crippen LogP contribution is 2.19. The van der Waals surface area contributed by atoms with Gasteiger partial charge in [0.15, 0.2) is 6.29 Å². The number of unbranched alkanes of at least 4 members (excludes halogenated alkanes) is 3. The number of esters is 1. The average Bonchev–Trinajstić information content (AvgIpc) is 2.54. The van der Waals surface area contributed by atoms with Gasteiger partial charge in [0, 0.05) is 12.5 Å². The largest absolute Gasteiger partial charge is 0.494 e.